The van der Waals surface area contributed by atoms with Gasteiger partial charge in [-0.15, -0.1) is 24.0 Å². The van der Waals surface area contributed by atoms with Gasteiger partial charge in [0.15, 0.2) is 5.96 Å². The van der Waals surface area contributed by atoms with Gasteiger partial charge in [-0.2, -0.15) is 0 Å². The molecule has 0 bridgehead atoms. The molecule has 5 nitrogen and oxygen atoms in total. The van der Waals surface area contributed by atoms with Crippen LogP contribution in [0.5, 0.6) is 0 Å². The fourth-order valence-corrected chi connectivity index (χ4v) is 1.40. The molecule has 2 N–H and O–H groups in total. The van der Waals surface area contributed by atoms with E-state index in [1.165, 1.54) is 0 Å². The quantitative estimate of drug-likeness (QED) is 0.345. The largest absolute Gasteiger partial charge is 0.382 e. The van der Waals surface area contributed by atoms with Crippen molar-refractivity contribution in [2.24, 2.45) is 10.7 Å². The Morgan fingerprint density at radius 3 is 2.75 bits per heavy atom. The highest BCUT2D eigenvalue weighted by Gasteiger charge is 2.11. The van der Waals surface area contributed by atoms with Crippen LogP contribution in [0.15, 0.2) is 4.99 Å². The highest BCUT2D eigenvalue weighted by Crippen LogP contribution is 1.96. The Hall–Kier alpha value is -0.0800. The highest BCUT2D eigenvalue weighted by atomic mass is 127. The van der Waals surface area contributed by atoms with Crippen LogP contribution in [-0.4, -0.2) is 56.9 Å². The van der Waals surface area contributed by atoms with Crippen molar-refractivity contribution in [2.45, 2.75) is 13.3 Å². The molecule has 0 aromatic carbocycles. The lowest BCUT2D eigenvalue weighted by atomic mass is 10.4. The summed E-state index contributed by atoms with van der Waals surface area (Å²) in [4.78, 5) is 6.36. The first-order chi connectivity index (χ1) is 7.34. The van der Waals surface area contributed by atoms with Gasteiger partial charge in [-0.3, -0.25) is 4.99 Å². The summed E-state index contributed by atoms with van der Waals surface area (Å²) in [5, 5.41) is 0. The van der Waals surface area contributed by atoms with Crippen molar-refractivity contribution >= 4 is 29.9 Å². The Balaban J connectivity index is 0.00000225. The molecule has 1 heterocycles. The predicted octanol–water partition coefficient (Wildman–Crippen LogP) is 0.678. The molecule has 0 radical (unpaired) electrons. The van der Waals surface area contributed by atoms with Gasteiger partial charge in [0.25, 0.3) is 0 Å². The second-order valence-electron chi connectivity index (χ2n) is 3.39. The van der Waals surface area contributed by atoms with E-state index in [0.29, 0.717) is 5.96 Å². The molecule has 0 aliphatic carbocycles. The van der Waals surface area contributed by atoms with Crippen LogP contribution in [0.2, 0.25) is 0 Å². The normalized spacial score (nSPS) is 17.1. The molecule has 0 saturated carbocycles. The van der Waals surface area contributed by atoms with Crippen LogP contribution in [0.4, 0.5) is 0 Å². The first-order valence-corrected chi connectivity index (χ1v) is 5.55. The fraction of sp³-hybridized carbons (Fsp3) is 0.900. The molecule has 16 heavy (non-hydrogen) atoms. The van der Waals surface area contributed by atoms with E-state index in [1.54, 1.807) is 0 Å². The zero-order valence-electron chi connectivity index (χ0n) is 9.85. The Labute approximate surface area is 114 Å². The summed E-state index contributed by atoms with van der Waals surface area (Å²) >= 11 is 0. The maximum absolute atomic E-state index is 5.84. The highest BCUT2D eigenvalue weighted by molar-refractivity contribution is 14.0. The van der Waals surface area contributed by atoms with E-state index in [1.807, 2.05) is 6.92 Å². The summed E-state index contributed by atoms with van der Waals surface area (Å²) in [6, 6.07) is 0. The average Bonchev–Trinajstić information content (AvgIpc) is 2.30. The summed E-state index contributed by atoms with van der Waals surface area (Å²) in [6.45, 7) is 7.44. The molecule has 96 valence electrons. The number of aliphatic imine (C=N–C) groups is 1. The zero-order chi connectivity index (χ0) is 10.9. The van der Waals surface area contributed by atoms with Crippen LogP contribution in [0, 0.1) is 0 Å². The van der Waals surface area contributed by atoms with Gasteiger partial charge in [-0.05, 0) is 13.3 Å². The fourth-order valence-electron chi connectivity index (χ4n) is 1.40. The molecule has 1 saturated heterocycles. The van der Waals surface area contributed by atoms with Crippen molar-refractivity contribution in [1.29, 1.82) is 0 Å². The number of nitrogens with two attached hydrogens (primary N) is 1. The Bertz CT molecular complexity index is 197. The van der Waals surface area contributed by atoms with Gasteiger partial charge in [0.1, 0.15) is 0 Å². The SMILES string of the molecule is CCOCCCN=C(N)N1CCOCC1.I. The molecule has 0 amide bonds. The van der Waals surface area contributed by atoms with Gasteiger partial charge in [-0.25, -0.2) is 0 Å². The third kappa shape index (κ3) is 6.49. The molecule has 1 fully saturated rings. The monoisotopic (exact) mass is 343 g/mol. The van der Waals surface area contributed by atoms with Crippen molar-refractivity contribution in [3.63, 3.8) is 0 Å². The smallest absolute Gasteiger partial charge is 0.191 e. The second-order valence-corrected chi connectivity index (χ2v) is 3.39. The Morgan fingerprint density at radius 2 is 2.12 bits per heavy atom. The van der Waals surface area contributed by atoms with Crippen molar-refractivity contribution in [2.75, 3.05) is 46.1 Å². The standard InChI is InChI=1S/C10H21N3O2.HI/c1-2-14-7-3-4-12-10(11)13-5-8-15-9-6-13;/h2-9H2,1H3,(H2,11,12);1H. The summed E-state index contributed by atoms with van der Waals surface area (Å²) < 4.78 is 10.5. The van der Waals surface area contributed by atoms with Crippen LogP contribution < -0.4 is 5.73 Å². The third-order valence-corrected chi connectivity index (χ3v) is 2.26. The second kappa shape index (κ2) is 10.1. The van der Waals surface area contributed by atoms with Gasteiger partial charge >= 0.3 is 0 Å². The lowest BCUT2D eigenvalue weighted by molar-refractivity contribution is 0.0674. The molecule has 1 rings (SSSR count). The molecular weight excluding hydrogens is 321 g/mol. The molecule has 0 atom stereocenters. The van der Waals surface area contributed by atoms with Crippen LogP contribution in [0.25, 0.3) is 0 Å². The molecular formula is C10H22IN3O2. The maximum atomic E-state index is 5.84. The number of morpholine rings is 1. The van der Waals surface area contributed by atoms with Crippen LogP contribution in [0.3, 0.4) is 0 Å². The molecule has 6 heteroatoms. The molecule has 0 spiro atoms. The minimum Gasteiger partial charge on any atom is -0.382 e. The van der Waals surface area contributed by atoms with E-state index in [-0.39, 0.29) is 24.0 Å². The van der Waals surface area contributed by atoms with E-state index in [2.05, 4.69) is 9.89 Å². The van der Waals surface area contributed by atoms with Crippen LogP contribution in [0.1, 0.15) is 13.3 Å². The van der Waals surface area contributed by atoms with E-state index in [9.17, 15) is 0 Å². The molecule has 0 aromatic rings. The Morgan fingerprint density at radius 1 is 1.44 bits per heavy atom. The summed E-state index contributed by atoms with van der Waals surface area (Å²) in [5.41, 5.74) is 5.84. The topological polar surface area (TPSA) is 60.1 Å². The van der Waals surface area contributed by atoms with Gasteiger partial charge < -0.3 is 20.1 Å². The van der Waals surface area contributed by atoms with E-state index in [0.717, 1.165) is 52.5 Å². The number of nitrogens with zero attached hydrogens (tertiary/aromatic N) is 2. The lowest BCUT2D eigenvalue weighted by Crippen LogP contribution is -2.44. The number of ether oxygens (including phenoxy) is 2. The van der Waals surface area contributed by atoms with Crippen molar-refractivity contribution in [3.05, 3.63) is 0 Å². The summed E-state index contributed by atoms with van der Waals surface area (Å²) in [7, 11) is 0. The molecule has 1 aliphatic rings. The van der Waals surface area contributed by atoms with E-state index < -0.39 is 0 Å². The van der Waals surface area contributed by atoms with Gasteiger partial charge in [0.05, 0.1) is 13.2 Å². The number of halogens is 1. The first kappa shape index (κ1) is 15.9. The molecule has 0 unspecified atom stereocenters. The summed E-state index contributed by atoms with van der Waals surface area (Å²) in [6.07, 6.45) is 0.929. The minimum atomic E-state index is 0. The Kier molecular flexibility index (Phi) is 10.0. The summed E-state index contributed by atoms with van der Waals surface area (Å²) in [5.74, 6) is 0.634. The maximum Gasteiger partial charge on any atom is 0.191 e. The molecule has 1 aliphatic heterocycles. The van der Waals surface area contributed by atoms with Gasteiger partial charge in [0, 0.05) is 32.8 Å². The zero-order valence-corrected chi connectivity index (χ0v) is 12.2. The molecule has 0 aromatic heterocycles. The van der Waals surface area contributed by atoms with Crippen LogP contribution in [-0.2, 0) is 9.47 Å². The first-order valence-electron chi connectivity index (χ1n) is 5.55. The lowest BCUT2D eigenvalue weighted by Gasteiger charge is -2.27. The minimum absolute atomic E-state index is 0. The van der Waals surface area contributed by atoms with Crippen molar-refractivity contribution in [3.8, 4) is 0 Å². The average molecular weight is 343 g/mol. The van der Waals surface area contributed by atoms with Crippen LogP contribution >= 0.6 is 24.0 Å². The van der Waals surface area contributed by atoms with E-state index >= 15 is 0 Å². The third-order valence-electron chi connectivity index (χ3n) is 2.26. The van der Waals surface area contributed by atoms with Crippen molar-refractivity contribution in [1.82, 2.24) is 4.90 Å². The van der Waals surface area contributed by atoms with E-state index in [4.69, 9.17) is 15.2 Å². The number of hydrogen-bond donors (Lipinski definition) is 1. The van der Waals surface area contributed by atoms with Gasteiger partial charge in [-0.1, -0.05) is 0 Å². The number of guanidine groups is 1. The number of rotatable bonds is 5. The number of hydrogen-bond acceptors (Lipinski definition) is 3. The van der Waals surface area contributed by atoms with Gasteiger partial charge in [0.2, 0.25) is 0 Å². The predicted molar refractivity (Wildman–Crippen MR) is 75.4 cm³/mol. The van der Waals surface area contributed by atoms with Crippen molar-refractivity contribution < 1.29 is 9.47 Å².